The molecular weight excluding hydrogens is 238 g/mol. The van der Waals surface area contributed by atoms with Crippen LogP contribution >= 0.6 is 0 Å². The molecule has 4 heteroatoms. The molecule has 2 heterocycles. The van der Waals surface area contributed by atoms with Crippen molar-refractivity contribution in [2.75, 3.05) is 0 Å². The average molecular weight is 246 g/mol. The minimum atomic E-state index is 0. The molecule has 2 aromatic carbocycles. The number of para-hydroxylation sites is 2. The number of furan rings is 2. The first-order valence-electron chi connectivity index (χ1n) is 5.72. The molecule has 4 aromatic rings. The van der Waals surface area contributed by atoms with E-state index in [1.165, 1.54) is 0 Å². The molecule has 0 aliphatic heterocycles. The normalized spacial score (nSPS) is 10.2. The SMILES string of the molecule is [Li+].[Li+].[c-]1oc2ccccc2c1-c1[c-]oc2ccccc12. The van der Waals surface area contributed by atoms with Crippen molar-refractivity contribution in [3.05, 3.63) is 61.1 Å². The van der Waals surface area contributed by atoms with Crippen molar-refractivity contribution in [1.29, 1.82) is 0 Å². The molecule has 0 unspecified atom stereocenters. The summed E-state index contributed by atoms with van der Waals surface area (Å²) in [6.07, 6.45) is 5.88. The predicted octanol–water partition coefficient (Wildman–Crippen LogP) is -1.55. The van der Waals surface area contributed by atoms with Crippen molar-refractivity contribution in [2.24, 2.45) is 0 Å². The van der Waals surface area contributed by atoms with Gasteiger partial charge in [-0.05, 0) is 12.5 Å². The first-order chi connectivity index (χ1) is 8.93. The van der Waals surface area contributed by atoms with Gasteiger partial charge in [-0.25, -0.2) is 0 Å². The number of fused-ring (bicyclic) bond motifs is 2. The third kappa shape index (κ3) is 2.26. The van der Waals surface area contributed by atoms with Crippen LogP contribution in [0.5, 0.6) is 0 Å². The van der Waals surface area contributed by atoms with E-state index < -0.39 is 0 Å². The summed E-state index contributed by atoms with van der Waals surface area (Å²) in [5.74, 6) is 0. The van der Waals surface area contributed by atoms with E-state index in [1.54, 1.807) is 0 Å². The quantitative estimate of drug-likeness (QED) is 0.300. The Morgan fingerprint density at radius 2 is 1.00 bits per heavy atom. The summed E-state index contributed by atoms with van der Waals surface area (Å²) >= 11 is 0. The van der Waals surface area contributed by atoms with Gasteiger partial charge in [0.05, 0.1) is 0 Å². The number of rotatable bonds is 1. The van der Waals surface area contributed by atoms with Crippen LogP contribution in [0.4, 0.5) is 0 Å². The second kappa shape index (κ2) is 6.00. The molecule has 0 saturated heterocycles. The molecule has 4 rings (SSSR count). The molecule has 0 aliphatic carbocycles. The number of hydrogen-bond acceptors (Lipinski definition) is 2. The van der Waals surface area contributed by atoms with Crippen LogP contribution in [0.25, 0.3) is 33.1 Å². The summed E-state index contributed by atoms with van der Waals surface area (Å²) in [7, 11) is 0. The maximum Gasteiger partial charge on any atom is 1.00 e. The van der Waals surface area contributed by atoms with Gasteiger partial charge < -0.3 is 8.83 Å². The zero-order valence-electron chi connectivity index (χ0n) is 11.4. The van der Waals surface area contributed by atoms with Crippen molar-refractivity contribution in [2.45, 2.75) is 0 Å². The van der Waals surface area contributed by atoms with E-state index >= 15 is 0 Å². The molecule has 0 saturated carbocycles. The Balaban J connectivity index is 0.000000735. The fourth-order valence-electron chi connectivity index (χ4n) is 2.22. The fourth-order valence-corrected chi connectivity index (χ4v) is 2.22. The van der Waals surface area contributed by atoms with Crippen LogP contribution < -0.4 is 37.7 Å². The molecule has 0 amide bonds. The molecule has 0 spiro atoms. The van der Waals surface area contributed by atoms with Crippen LogP contribution in [0, 0.1) is 12.5 Å². The Morgan fingerprint density at radius 3 is 1.45 bits per heavy atom. The van der Waals surface area contributed by atoms with Gasteiger partial charge in [-0.1, -0.05) is 36.4 Å². The van der Waals surface area contributed by atoms with Gasteiger partial charge in [0.2, 0.25) is 0 Å². The Kier molecular flexibility index (Phi) is 4.53. The predicted molar refractivity (Wildman–Crippen MR) is 69.1 cm³/mol. The first kappa shape index (κ1) is 15.1. The maximum atomic E-state index is 5.44. The zero-order chi connectivity index (χ0) is 11.9. The zero-order valence-corrected chi connectivity index (χ0v) is 11.4. The van der Waals surface area contributed by atoms with Crippen LogP contribution in [-0.4, -0.2) is 0 Å². The van der Waals surface area contributed by atoms with Gasteiger partial charge in [0.25, 0.3) is 0 Å². The third-order valence-corrected chi connectivity index (χ3v) is 3.09. The van der Waals surface area contributed by atoms with E-state index in [9.17, 15) is 0 Å². The smallest absolute Gasteiger partial charge is 0.568 e. The van der Waals surface area contributed by atoms with E-state index in [1.807, 2.05) is 48.5 Å². The van der Waals surface area contributed by atoms with Gasteiger partial charge in [-0.3, -0.25) is 0 Å². The Labute approximate surface area is 140 Å². The van der Waals surface area contributed by atoms with Gasteiger partial charge in [-0.2, -0.15) is 11.1 Å². The second-order valence-electron chi connectivity index (χ2n) is 4.15. The minimum Gasteiger partial charge on any atom is -0.568 e. The summed E-state index contributed by atoms with van der Waals surface area (Å²) < 4.78 is 10.9. The van der Waals surface area contributed by atoms with Crippen molar-refractivity contribution >= 4 is 21.9 Å². The summed E-state index contributed by atoms with van der Waals surface area (Å²) in [5.41, 5.74) is 3.45. The van der Waals surface area contributed by atoms with Crippen molar-refractivity contribution in [3.8, 4) is 11.1 Å². The Morgan fingerprint density at radius 1 is 0.600 bits per heavy atom. The van der Waals surface area contributed by atoms with E-state index in [0.717, 1.165) is 33.1 Å². The molecule has 86 valence electrons. The van der Waals surface area contributed by atoms with Crippen LogP contribution in [-0.2, 0) is 0 Å². The van der Waals surface area contributed by atoms with Gasteiger partial charge in [0.15, 0.2) is 0 Å². The van der Waals surface area contributed by atoms with Crippen molar-refractivity contribution in [3.63, 3.8) is 0 Å². The largest absolute Gasteiger partial charge is 1.00 e. The van der Waals surface area contributed by atoms with Gasteiger partial charge in [-0.15, -0.1) is 22.9 Å². The van der Waals surface area contributed by atoms with Crippen molar-refractivity contribution in [1.82, 2.24) is 0 Å². The standard InChI is InChI=1S/C16H8O2.2Li/c1-3-7-15-11(5-1)13(9-17-15)14-10-18-16-8-4-2-6-12(14)16;;/h1-8H;;/q-2;2*+1. The van der Waals surface area contributed by atoms with E-state index in [0.29, 0.717) is 0 Å². The van der Waals surface area contributed by atoms with E-state index in [4.69, 9.17) is 8.83 Å². The molecule has 0 aliphatic rings. The first-order valence-corrected chi connectivity index (χ1v) is 5.72. The molecule has 0 fully saturated rings. The summed E-state index contributed by atoms with van der Waals surface area (Å²) in [5, 5.41) is 2.06. The summed E-state index contributed by atoms with van der Waals surface area (Å²) in [6.45, 7) is 0. The average Bonchev–Trinajstić information content (AvgIpc) is 3.01. The van der Waals surface area contributed by atoms with Gasteiger partial charge >= 0.3 is 37.7 Å². The fraction of sp³-hybridized carbons (Fsp3) is 0. The second-order valence-corrected chi connectivity index (χ2v) is 4.15. The van der Waals surface area contributed by atoms with Crippen LogP contribution in [0.1, 0.15) is 0 Å². The molecule has 0 radical (unpaired) electrons. The minimum absolute atomic E-state index is 0. The van der Waals surface area contributed by atoms with Gasteiger partial charge in [0.1, 0.15) is 0 Å². The van der Waals surface area contributed by atoms with E-state index in [2.05, 4.69) is 12.5 Å². The molecule has 2 aromatic heterocycles. The molecule has 2 nitrogen and oxygen atoms in total. The number of benzene rings is 2. The van der Waals surface area contributed by atoms with Gasteiger partial charge in [0, 0.05) is 11.2 Å². The molecular formula is C16H8Li2O2. The number of hydrogen-bond donors (Lipinski definition) is 0. The Bertz CT molecular complexity index is 774. The third-order valence-electron chi connectivity index (χ3n) is 3.09. The molecule has 0 N–H and O–H groups in total. The van der Waals surface area contributed by atoms with Crippen LogP contribution in [0.3, 0.4) is 0 Å². The van der Waals surface area contributed by atoms with Crippen LogP contribution in [0.15, 0.2) is 57.4 Å². The topological polar surface area (TPSA) is 26.3 Å². The maximum absolute atomic E-state index is 5.44. The monoisotopic (exact) mass is 246 g/mol. The molecule has 0 atom stereocenters. The molecule has 0 bridgehead atoms. The van der Waals surface area contributed by atoms with Crippen LogP contribution in [0.2, 0.25) is 0 Å². The van der Waals surface area contributed by atoms with E-state index in [-0.39, 0.29) is 37.7 Å². The molecule has 20 heavy (non-hydrogen) atoms. The Hall–Kier alpha value is -1.29. The van der Waals surface area contributed by atoms with Crippen molar-refractivity contribution < 1.29 is 46.6 Å². The summed E-state index contributed by atoms with van der Waals surface area (Å²) in [6, 6.07) is 15.7. The summed E-state index contributed by atoms with van der Waals surface area (Å²) in [4.78, 5) is 0.